The van der Waals surface area contributed by atoms with Crippen molar-refractivity contribution in [3.8, 4) is 11.8 Å². The number of carbonyl (C=O) groups excluding carboxylic acids is 5. The maximum atomic E-state index is 13.4. The molecule has 18 heteroatoms. The highest BCUT2D eigenvalue weighted by atomic mass is 16.5. The molecule has 3 N–H and O–H groups in total. The second-order valence-corrected chi connectivity index (χ2v) is 17.6. The molecule has 3 fully saturated rings. The lowest BCUT2D eigenvalue weighted by atomic mass is 10.0. The van der Waals surface area contributed by atoms with E-state index in [1.165, 1.54) is 6.08 Å². The van der Waals surface area contributed by atoms with Crippen LogP contribution in [0.3, 0.4) is 0 Å². The van der Waals surface area contributed by atoms with Crippen LogP contribution >= 0.6 is 0 Å². The van der Waals surface area contributed by atoms with E-state index >= 15 is 0 Å². The normalized spacial score (nSPS) is 19.6. The number of phenolic OH excluding ortho intramolecular Hbond substituents is 1. The first-order valence-corrected chi connectivity index (χ1v) is 23.2. The number of aromatic nitrogens is 2. The zero-order valence-corrected chi connectivity index (χ0v) is 37.8. The summed E-state index contributed by atoms with van der Waals surface area (Å²) >= 11 is 0. The first kappa shape index (κ1) is 45.5. The molecule has 3 saturated heterocycles. The number of rotatable bonds is 16. The topological polar surface area (TPSA) is 199 Å². The maximum absolute atomic E-state index is 13.4. The van der Waals surface area contributed by atoms with Gasteiger partial charge in [0.1, 0.15) is 23.7 Å². The SMILES string of the molecule is C=CC(=O)N1CCN(c2nc(O[C@H](C)CN3CCC(OCCOCCNc4cccc5c4C(=O)N(C4CCC(=O)NC4=O)C5=O)CC3)nc3c2CCN(c2cc(O)cc4ccccc24)C3)CC1. The Hall–Kier alpha value is -6.63. The van der Waals surface area contributed by atoms with Crippen molar-refractivity contribution in [2.24, 2.45) is 0 Å². The number of aromatic hydroxyl groups is 1. The Balaban J connectivity index is 0.741. The molecular weight excluding hydrogens is 859 g/mol. The van der Waals surface area contributed by atoms with Gasteiger partial charge in [0.15, 0.2) is 0 Å². The van der Waals surface area contributed by atoms with E-state index in [1.807, 2.05) is 36.1 Å². The smallest absolute Gasteiger partial charge is 0.318 e. The summed E-state index contributed by atoms with van der Waals surface area (Å²) in [6.45, 7) is 13.4. The van der Waals surface area contributed by atoms with E-state index in [9.17, 15) is 29.1 Å². The summed E-state index contributed by atoms with van der Waals surface area (Å²) in [6.07, 6.45) is 3.90. The van der Waals surface area contributed by atoms with E-state index in [-0.39, 0.29) is 47.8 Å². The highest BCUT2D eigenvalue weighted by Crippen LogP contribution is 2.37. The van der Waals surface area contributed by atoms with Crippen LogP contribution in [0, 0.1) is 0 Å². The third kappa shape index (κ3) is 9.92. The van der Waals surface area contributed by atoms with Crippen molar-refractivity contribution in [3.63, 3.8) is 0 Å². The molecule has 4 aromatic rings. The number of nitrogens with zero attached hydrogens (tertiary/aromatic N) is 7. The Morgan fingerprint density at radius 1 is 0.910 bits per heavy atom. The van der Waals surface area contributed by atoms with Gasteiger partial charge in [-0.3, -0.25) is 39.1 Å². The van der Waals surface area contributed by atoms with Crippen LogP contribution < -0.4 is 25.2 Å². The number of hydrogen-bond acceptors (Lipinski definition) is 15. The molecule has 18 nitrogen and oxygen atoms in total. The van der Waals surface area contributed by atoms with Gasteiger partial charge >= 0.3 is 6.01 Å². The second kappa shape index (κ2) is 20.1. The van der Waals surface area contributed by atoms with Crippen LogP contribution in [0.1, 0.15) is 64.6 Å². The van der Waals surface area contributed by atoms with Crippen molar-refractivity contribution in [1.29, 1.82) is 0 Å². The molecule has 0 spiro atoms. The average Bonchev–Trinajstić information content (AvgIpc) is 3.59. The molecule has 0 aliphatic carbocycles. The molecule has 0 saturated carbocycles. The van der Waals surface area contributed by atoms with Crippen molar-refractivity contribution < 1.29 is 43.3 Å². The Kier molecular flexibility index (Phi) is 13.6. The second-order valence-electron chi connectivity index (χ2n) is 17.6. The quantitative estimate of drug-likeness (QED) is 0.0838. The van der Waals surface area contributed by atoms with Gasteiger partial charge in [0.25, 0.3) is 11.8 Å². The molecule has 1 aromatic heterocycles. The number of ether oxygens (including phenoxy) is 3. The minimum Gasteiger partial charge on any atom is -0.508 e. The van der Waals surface area contributed by atoms with Crippen molar-refractivity contribution in [2.45, 2.75) is 63.8 Å². The van der Waals surface area contributed by atoms with Gasteiger partial charge in [-0.05, 0) is 62.3 Å². The van der Waals surface area contributed by atoms with Gasteiger partial charge in [-0.1, -0.05) is 36.9 Å². The summed E-state index contributed by atoms with van der Waals surface area (Å²) < 4.78 is 18.5. The molecule has 5 aliphatic rings. The van der Waals surface area contributed by atoms with Crippen LogP contribution in [0.5, 0.6) is 11.8 Å². The Morgan fingerprint density at radius 3 is 2.51 bits per heavy atom. The summed E-state index contributed by atoms with van der Waals surface area (Å²) in [7, 11) is 0. The minimum absolute atomic E-state index is 0.0605. The molecule has 3 aromatic carbocycles. The predicted octanol–water partition coefficient (Wildman–Crippen LogP) is 3.51. The number of anilines is 3. The number of fused-ring (bicyclic) bond motifs is 3. The van der Waals surface area contributed by atoms with Crippen molar-refractivity contribution in [3.05, 3.63) is 89.6 Å². The molecule has 0 radical (unpaired) electrons. The van der Waals surface area contributed by atoms with Gasteiger partial charge in [-0.15, -0.1) is 0 Å². The zero-order valence-electron chi connectivity index (χ0n) is 37.8. The summed E-state index contributed by atoms with van der Waals surface area (Å²) in [4.78, 5) is 82.7. The number of nitrogens with one attached hydrogen (secondary N) is 2. The number of piperidine rings is 2. The van der Waals surface area contributed by atoms with E-state index in [1.54, 1.807) is 24.3 Å². The lowest BCUT2D eigenvalue weighted by Gasteiger charge is -2.38. The van der Waals surface area contributed by atoms with Crippen molar-refractivity contribution in [2.75, 3.05) is 93.8 Å². The number of phenols is 1. The number of amides is 5. The standard InChI is InChI=1S/C49H57N9O9/c1-3-43(61)55-20-22-56(23-21-55)45-36-15-19-57(41-28-33(59)27-32-7-4-5-8-35(32)41)30-39(36)51-49(53-45)67-31(2)29-54-17-13-34(14-18-54)66-26-25-65-24-16-50-38-10-6-9-37-44(38)48(64)58(47(37)63)40-11-12-42(60)52-46(40)62/h3-10,27-28,31,34,40,50,59H,1,11-26,29-30H2,2H3,(H,52,60,62)/t31-,40?/m1/s1. The number of hydrogen-bond donors (Lipinski definition) is 3. The van der Waals surface area contributed by atoms with Crippen LogP contribution in [0.25, 0.3) is 10.8 Å². The first-order valence-electron chi connectivity index (χ1n) is 23.2. The van der Waals surface area contributed by atoms with Gasteiger partial charge in [-0.2, -0.15) is 9.97 Å². The molecule has 1 unspecified atom stereocenters. The van der Waals surface area contributed by atoms with E-state index in [2.05, 4.69) is 38.0 Å². The van der Waals surface area contributed by atoms with Crippen LogP contribution in [0.15, 0.2) is 67.3 Å². The van der Waals surface area contributed by atoms with Gasteiger partial charge in [0, 0.05) is 93.7 Å². The largest absolute Gasteiger partial charge is 0.508 e. The van der Waals surface area contributed by atoms with E-state index in [0.29, 0.717) is 77.3 Å². The van der Waals surface area contributed by atoms with E-state index in [0.717, 1.165) is 77.3 Å². The molecule has 2 atom stereocenters. The number of imide groups is 2. The predicted molar refractivity (Wildman–Crippen MR) is 249 cm³/mol. The van der Waals surface area contributed by atoms with Gasteiger partial charge in [0.05, 0.1) is 49.3 Å². The van der Waals surface area contributed by atoms with Gasteiger partial charge < -0.3 is 39.3 Å². The minimum atomic E-state index is -1.02. The molecular formula is C49H57N9O9. The number of carbonyl (C=O) groups is 5. The molecule has 9 rings (SSSR count). The lowest BCUT2D eigenvalue weighted by Crippen LogP contribution is -2.54. The van der Waals surface area contributed by atoms with Crippen LogP contribution in [0.2, 0.25) is 0 Å². The third-order valence-corrected chi connectivity index (χ3v) is 13.2. The van der Waals surface area contributed by atoms with E-state index < -0.39 is 29.7 Å². The summed E-state index contributed by atoms with van der Waals surface area (Å²) in [5, 5.41) is 18.1. The van der Waals surface area contributed by atoms with Crippen molar-refractivity contribution >= 4 is 57.5 Å². The molecule has 352 valence electrons. The van der Waals surface area contributed by atoms with Crippen LogP contribution in [0.4, 0.5) is 17.2 Å². The highest BCUT2D eigenvalue weighted by molar-refractivity contribution is 6.25. The third-order valence-electron chi connectivity index (χ3n) is 13.2. The summed E-state index contributed by atoms with van der Waals surface area (Å²) in [6, 6.07) is 16.0. The molecule has 67 heavy (non-hydrogen) atoms. The highest BCUT2D eigenvalue weighted by Gasteiger charge is 2.45. The maximum Gasteiger partial charge on any atom is 0.318 e. The van der Waals surface area contributed by atoms with Crippen LogP contribution in [-0.2, 0) is 36.8 Å². The van der Waals surface area contributed by atoms with E-state index in [4.69, 9.17) is 24.2 Å². The lowest BCUT2D eigenvalue weighted by molar-refractivity contribution is -0.136. The molecule has 5 aliphatic heterocycles. The fraction of sp³-hybridized carbons (Fsp3) is 0.449. The zero-order chi connectivity index (χ0) is 46.6. The molecule has 0 bridgehead atoms. The van der Waals surface area contributed by atoms with Crippen molar-refractivity contribution in [1.82, 2.24) is 30.0 Å². The number of piperazine rings is 1. The van der Waals surface area contributed by atoms with Gasteiger partial charge in [-0.25, -0.2) is 0 Å². The van der Waals surface area contributed by atoms with Gasteiger partial charge in [0.2, 0.25) is 17.7 Å². The average molecular weight is 916 g/mol. The van der Waals surface area contributed by atoms with Crippen LogP contribution in [-0.4, -0.2) is 156 Å². The monoisotopic (exact) mass is 915 g/mol. The first-order chi connectivity index (χ1) is 32.5. The Bertz CT molecular complexity index is 2560. The summed E-state index contributed by atoms with van der Waals surface area (Å²) in [5.41, 5.74) is 3.85. The number of likely N-dealkylation sites (tertiary alicyclic amines) is 1. The Labute approximate surface area is 388 Å². The fourth-order valence-electron chi connectivity index (χ4n) is 9.85. The summed E-state index contributed by atoms with van der Waals surface area (Å²) in [5.74, 6) is -1.16. The Morgan fingerprint density at radius 2 is 1.72 bits per heavy atom. The molecule has 5 amide bonds. The molecule has 6 heterocycles. The fourth-order valence-corrected chi connectivity index (χ4v) is 9.85. The number of benzene rings is 3.